The summed E-state index contributed by atoms with van der Waals surface area (Å²) in [4.78, 5) is 4.47. The minimum Gasteiger partial charge on any atom is -0.237 e. The quantitative estimate of drug-likeness (QED) is 0.455. The van der Waals surface area contributed by atoms with Gasteiger partial charge in [-0.2, -0.15) is 5.26 Å². The molecule has 0 fully saturated rings. The zero-order valence-corrected chi connectivity index (χ0v) is 14.2. The molecule has 0 spiro atoms. The molecule has 4 rings (SSSR count). The lowest BCUT2D eigenvalue weighted by Crippen LogP contribution is -1.90. The van der Waals surface area contributed by atoms with Gasteiger partial charge in [0.1, 0.15) is 11.8 Å². The molecule has 2 nitrogen and oxygen atoms in total. The van der Waals surface area contributed by atoms with Gasteiger partial charge in [0.2, 0.25) is 0 Å². The molecule has 0 unspecified atom stereocenters. The van der Waals surface area contributed by atoms with Gasteiger partial charge in [-0.05, 0) is 46.0 Å². The van der Waals surface area contributed by atoms with Gasteiger partial charge in [0.05, 0.1) is 5.52 Å². The van der Waals surface area contributed by atoms with E-state index in [1.807, 2.05) is 42.5 Å². The van der Waals surface area contributed by atoms with Crippen LogP contribution in [0.4, 0.5) is 0 Å². The number of pyridine rings is 1. The summed E-state index contributed by atoms with van der Waals surface area (Å²) in [5.74, 6) is 0. The molecule has 0 radical (unpaired) electrons. The first-order chi connectivity index (χ1) is 12.8. The van der Waals surface area contributed by atoms with E-state index in [4.69, 9.17) is 0 Å². The Kier molecular flexibility index (Phi) is 4.05. The van der Waals surface area contributed by atoms with Crippen LogP contribution in [-0.4, -0.2) is 4.98 Å². The topological polar surface area (TPSA) is 36.7 Å². The molecule has 1 heterocycles. The van der Waals surface area contributed by atoms with Crippen LogP contribution in [0, 0.1) is 11.3 Å². The fourth-order valence-electron chi connectivity index (χ4n) is 3.13. The highest BCUT2D eigenvalue weighted by atomic mass is 14.7. The molecule has 4 aromatic rings. The normalized spacial score (nSPS) is 10.4. The van der Waals surface area contributed by atoms with E-state index < -0.39 is 0 Å². The molecule has 0 saturated heterocycles. The zero-order chi connectivity index (χ0) is 17.9. The Balaban J connectivity index is 1.94. The van der Waals surface area contributed by atoms with E-state index >= 15 is 0 Å². The van der Waals surface area contributed by atoms with Crippen molar-refractivity contribution in [2.75, 3.05) is 0 Å². The van der Waals surface area contributed by atoms with Crippen molar-refractivity contribution >= 4 is 17.0 Å². The summed E-state index contributed by atoms with van der Waals surface area (Å²) in [6.45, 7) is 3.80. The van der Waals surface area contributed by atoms with Gasteiger partial charge in [-0.3, -0.25) is 0 Å². The number of aromatic nitrogens is 1. The Hall–Kier alpha value is -3.70. The maximum absolute atomic E-state index is 9.33. The van der Waals surface area contributed by atoms with Crippen molar-refractivity contribution < 1.29 is 0 Å². The summed E-state index contributed by atoms with van der Waals surface area (Å²) < 4.78 is 0. The molecular weight excluding hydrogens is 316 g/mol. The van der Waals surface area contributed by atoms with E-state index in [2.05, 4.69) is 60.1 Å². The van der Waals surface area contributed by atoms with Crippen molar-refractivity contribution in [3.63, 3.8) is 0 Å². The fraction of sp³-hybridized carbons (Fsp3) is 0. The second kappa shape index (κ2) is 6.66. The molecule has 26 heavy (non-hydrogen) atoms. The molecule has 0 aliphatic heterocycles. The molecule has 122 valence electrons. The third kappa shape index (κ3) is 2.87. The van der Waals surface area contributed by atoms with Crippen molar-refractivity contribution in [2.24, 2.45) is 0 Å². The maximum Gasteiger partial charge on any atom is 0.141 e. The molecule has 0 amide bonds. The highest BCUT2D eigenvalue weighted by Crippen LogP contribution is 2.32. The summed E-state index contributed by atoms with van der Waals surface area (Å²) in [7, 11) is 0. The van der Waals surface area contributed by atoms with E-state index in [-0.39, 0.29) is 0 Å². The SMILES string of the molecule is C=Cc1ccc(-c2ccc3nc(C#N)cc(-c4ccccc4)c3c2)cc1. The molecule has 0 atom stereocenters. The number of hydrogen-bond donors (Lipinski definition) is 0. The van der Waals surface area contributed by atoms with Gasteiger partial charge in [0, 0.05) is 5.39 Å². The lowest BCUT2D eigenvalue weighted by atomic mass is 9.96. The molecule has 0 bridgehead atoms. The predicted molar refractivity (Wildman–Crippen MR) is 107 cm³/mol. The smallest absolute Gasteiger partial charge is 0.141 e. The Morgan fingerprint density at radius 2 is 1.54 bits per heavy atom. The van der Waals surface area contributed by atoms with Gasteiger partial charge >= 0.3 is 0 Å². The van der Waals surface area contributed by atoms with Crippen molar-refractivity contribution in [2.45, 2.75) is 0 Å². The fourth-order valence-corrected chi connectivity index (χ4v) is 3.13. The van der Waals surface area contributed by atoms with Crippen molar-refractivity contribution in [1.29, 1.82) is 5.26 Å². The zero-order valence-electron chi connectivity index (χ0n) is 14.2. The van der Waals surface area contributed by atoms with Crippen LogP contribution in [0.3, 0.4) is 0 Å². The number of nitriles is 1. The van der Waals surface area contributed by atoms with Crippen molar-refractivity contribution in [3.05, 3.63) is 96.7 Å². The number of nitrogens with zero attached hydrogens (tertiary/aromatic N) is 2. The monoisotopic (exact) mass is 332 g/mol. The Morgan fingerprint density at radius 1 is 0.808 bits per heavy atom. The lowest BCUT2D eigenvalue weighted by molar-refractivity contribution is 1.32. The van der Waals surface area contributed by atoms with Gasteiger partial charge in [0.25, 0.3) is 0 Å². The first kappa shape index (κ1) is 15.8. The maximum atomic E-state index is 9.33. The first-order valence-electron chi connectivity index (χ1n) is 8.42. The molecule has 3 aromatic carbocycles. The Morgan fingerprint density at radius 3 is 2.23 bits per heavy atom. The minimum absolute atomic E-state index is 0.430. The summed E-state index contributed by atoms with van der Waals surface area (Å²) >= 11 is 0. The average Bonchev–Trinajstić information content (AvgIpc) is 2.73. The predicted octanol–water partition coefficient (Wildman–Crippen LogP) is 6.08. The number of benzene rings is 3. The number of hydrogen-bond acceptors (Lipinski definition) is 2. The Bertz CT molecular complexity index is 1130. The lowest BCUT2D eigenvalue weighted by Gasteiger charge is -2.10. The van der Waals surface area contributed by atoms with Crippen LogP contribution >= 0.6 is 0 Å². The van der Waals surface area contributed by atoms with Crippen LogP contribution in [0.2, 0.25) is 0 Å². The molecule has 1 aromatic heterocycles. The van der Waals surface area contributed by atoms with Crippen LogP contribution in [-0.2, 0) is 0 Å². The van der Waals surface area contributed by atoms with E-state index in [1.165, 1.54) is 0 Å². The second-order valence-corrected chi connectivity index (χ2v) is 6.09. The van der Waals surface area contributed by atoms with Crippen LogP contribution in [0.15, 0.2) is 85.4 Å². The van der Waals surface area contributed by atoms with E-state index in [1.54, 1.807) is 0 Å². The minimum atomic E-state index is 0.430. The van der Waals surface area contributed by atoms with Crippen LogP contribution in [0.1, 0.15) is 11.3 Å². The molecule has 0 N–H and O–H groups in total. The van der Waals surface area contributed by atoms with E-state index in [0.717, 1.165) is 38.7 Å². The second-order valence-electron chi connectivity index (χ2n) is 6.09. The highest BCUT2D eigenvalue weighted by molar-refractivity contribution is 5.97. The highest BCUT2D eigenvalue weighted by Gasteiger charge is 2.09. The third-order valence-electron chi connectivity index (χ3n) is 4.49. The summed E-state index contributed by atoms with van der Waals surface area (Å²) in [5, 5.41) is 10.4. The van der Waals surface area contributed by atoms with Gasteiger partial charge in [-0.15, -0.1) is 0 Å². The Labute approximate surface area is 152 Å². The largest absolute Gasteiger partial charge is 0.237 e. The summed E-state index contributed by atoms with van der Waals surface area (Å²) in [5.41, 5.74) is 6.72. The van der Waals surface area contributed by atoms with Crippen molar-refractivity contribution in [1.82, 2.24) is 4.98 Å². The molecule has 0 saturated carbocycles. The van der Waals surface area contributed by atoms with Gasteiger partial charge in [0.15, 0.2) is 0 Å². The summed E-state index contributed by atoms with van der Waals surface area (Å²) in [6.07, 6.45) is 1.84. The van der Waals surface area contributed by atoms with Crippen LogP contribution < -0.4 is 0 Å². The average molecular weight is 332 g/mol. The van der Waals surface area contributed by atoms with E-state index in [0.29, 0.717) is 5.69 Å². The van der Waals surface area contributed by atoms with Crippen LogP contribution in [0.25, 0.3) is 39.2 Å². The molecular formula is C24H16N2. The standard InChI is InChI=1S/C24H16N2/c1-2-17-8-10-18(11-9-17)20-12-13-24-23(14-20)22(15-21(16-25)26-24)19-6-4-3-5-7-19/h2-15H,1H2. The number of fused-ring (bicyclic) bond motifs is 1. The molecule has 0 aliphatic rings. The first-order valence-corrected chi connectivity index (χ1v) is 8.42. The van der Waals surface area contributed by atoms with Gasteiger partial charge < -0.3 is 0 Å². The van der Waals surface area contributed by atoms with Crippen molar-refractivity contribution in [3.8, 4) is 28.3 Å². The summed E-state index contributed by atoms with van der Waals surface area (Å²) in [6, 6.07) is 28.6. The van der Waals surface area contributed by atoms with Gasteiger partial charge in [-0.1, -0.05) is 73.3 Å². The van der Waals surface area contributed by atoms with E-state index in [9.17, 15) is 5.26 Å². The van der Waals surface area contributed by atoms with Gasteiger partial charge in [-0.25, -0.2) is 4.98 Å². The molecule has 0 aliphatic carbocycles. The molecule has 2 heteroatoms. The van der Waals surface area contributed by atoms with Crippen LogP contribution in [0.5, 0.6) is 0 Å². The third-order valence-corrected chi connectivity index (χ3v) is 4.49. The number of rotatable bonds is 3.